The molecule has 114 valence electrons. The number of thiazole rings is 1. The Balaban J connectivity index is 1.91. The van der Waals surface area contributed by atoms with E-state index in [1.807, 2.05) is 17.5 Å². The molecule has 1 nitrogen and oxygen atoms in total. The van der Waals surface area contributed by atoms with Crippen LogP contribution in [0.25, 0.3) is 0 Å². The van der Waals surface area contributed by atoms with Gasteiger partial charge >= 0.3 is 0 Å². The van der Waals surface area contributed by atoms with Gasteiger partial charge in [0.25, 0.3) is 0 Å². The van der Waals surface area contributed by atoms with E-state index in [4.69, 9.17) is 11.6 Å². The van der Waals surface area contributed by atoms with Gasteiger partial charge in [0.1, 0.15) is 17.0 Å². The minimum Gasteiger partial charge on any atom is -0.248 e. The topological polar surface area (TPSA) is 12.9 Å². The number of thioether (sulfide) groups is 1. The van der Waals surface area contributed by atoms with Crippen LogP contribution in [-0.4, -0.2) is 11.2 Å². The van der Waals surface area contributed by atoms with Crippen LogP contribution in [-0.2, 0) is 0 Å². The molecule has 0 saturated carbocycles. The van der Waals surface area contributed by atoms with E-state index in [-0.39, 0.29) is 5.25 Å². The summed E-state index contributed by atoms with van der Waals surface area (Å²) in [5.41, 5.74) is 0. The summed E-state index contributed by atoms with van der Waals surface area (Å²) < 4.78 is 27.8. The minimum absolute atomic E-state index is 0.285. The molecule has 1 aliphatic carbocycles. The molecule has 0 radical (unpaired) electrons. The molecule has 2 aromatic rings. The van der Waals surface area contributed by atoms with Crippen molar-refractivity contribution in [2.24, 2.45) is 5.92 Å². The SMILES string of the molecule is FC1=CC(C(Sc2ccc(Cl)cc2)c2nccs2)C(F)C=C1. The van der Waals surface area contributed by atoms with E-state index in [1.165, 1.54) is 41.3 Å². The molecule has 1 aromatic carbocycles. The molecule has 22 heavy (non-hydrogen) atoms. The van der Waals surface area contributed by atoms with Gasteiger partial charge in [0.05, 0.1) is 5.25 Å². The van der Waals surface area contributed by atoms with Crippen LogP contribution in [0.2, 0.25) is 5.02 Å². The van der Waals surface area contributed by atoms with E-state index >= 15 is 0 Å². The summed E-state index contributed by atoms with van der Waals surface area (Å²) in [4.78, 5) is 5.24. The Hall–Kier alpha value is -1.17. The fourth-order valence-electron chi connectivity index (χ4n) is 2.23. The van der Waals surface area contributed by atoms with Crippen molar-refractivity contribution in [3.63, 3.8) is 0 Å². The van der Waals surface area contributed by atoms with Gasteiger partial charge in [-0.15, -0.1) is 23.1 Å². The first-order valence-electron chi connectivity index (χ1n) is 6.65. The predicted octanol–water partition coefficient (Wildman–Crippen LogP) is 6.01. The maximum Gasteiger partial charge on any atom is 0.126 e. The summed E-state index contributed by atoms with van der Waals surface area (Å²) in [6, 6.07) is 7.32. The largest absolute Gasteiger partial charge is 0.248 e. The molecule has 3 unspecified atom stereocenters. The summed E-state index contributed by atoms with van der Waals surface area (Å²) in [7, 11) is 0. The molecule has 3 rings (SSSR count). The first kappa shape index (κ1) is 15.7. The minimum atomic E-state index is -1.23. The number of hydrogen-bond acceptors (Lipinski definition) is 3. The van der Waals surface area contributed by atoms with Gasteiger partial charge < -0.3 is 0 Å². The molecule has 0 N–H and O–H groups in total. The Labute approximate surface area is 140 Å². The van der Waals surface area contributed by atoms with Crippen molar-refractivity contribution in [2.75, 3.05) is 0 Å². The Morgan fingerprint density at radius 1 is 1.27 bits per heavy atom. The highest BCUT2D eigenvalue weighted by Gasteiger charge is 2.32. The van der Waals surface area contributed by atoms with Crippen molar-refractivity contribution < 1.29 is 8.78 Å². The van der Waals surface area contributed by atoms with Crippen LogP contribution >= 0.6 is 34.7 Å². The summed E-state index contributed by atoms with van der Waals surface area (Å²) in [6.45, 7) is 0. The highest BCUT2D eigenvalue weighted by molar-refractivity contribution is 7.99. The number of allylic oxidation sites excluding steroid dienone is 4. The Kier molecular flexibility index (Phi) is 4.96. The number of alkyl halides is 1. The van der Waals surface area contributed by atoms with Gasteiger partial charge in [-0.05, 0) is 42.5 Å². The van der Waals surface area contributed by atoms with Crippen molar-refractivity contribution in [3.8, 4) is 0 Å². The molecule has 0 fully saturated rings. The second-order valence-corrected chi connectivity index (χ2v) is 7.37. The van der Waals surface area contributed by atoms with Crippen molar-refractivity contribution in [2.45, 2.75) is 16.3 Å². The number of benzene rings is 1. The molecule has 0 saturated heterocycles. The molecule has 1 aromatic heterocycles. The highest BCUT2D eigenvalue weighted by Crippen LogP contribution is 2.45. The monoisotopic (exact) mass is 355 g/mol. The molecular formula is C16H12ClF2NS2. The van der Waals surface area contributed by atoms with Crippen LogP contribution in [0, 0.1) is 5.92 Å². The van der Waals surface area contributed by atoms with E-state index in [1.54, 1.807) is 18.3 Å². The lowest BCUT2D eigenvalue weighted by atomic mass is 9.95. The smallest absolute Gasteiger partial charge is 0.126 e. The number of aromatic nitrogens is 1. The van der Waals surface area contributed by atoms with Gasteiger partial charge in [0, 0.05) is 27.4 Å². The molecule has 0 spiro atoms. The summed E-state index contributed by atoms with van der Waals surface area (Å²) in [6.07, 6.45) is 4.24. The van der Waals surface area contributed by atoms with Gasteiger partial charge in [-0.2, -0.15) is 0 Å². The van der Waals surface area contributed by atoms with Gasteiger partial charge in [-0.1, -0.05) is 11.6 Å². The lowest BCUT2D eigenvalue weighted by Gasteiger charge is -2.26. The number of rotatable bonds is 4. The second kappa shape index (κ2) is 6.94. The Bertz CT molecular complexity index is 683. The maximum absolute atomic E-state index is 14.3. The van der Waals surface area contributed by atoms with E-state index in [0.717, 1.165) is 9.90 Å². The average molecular weight is 356 g/mol. The van der Waals surface area contributed by atoms with Crippen LogP contribution in [0.4, 0.5) is 8.78 Å². The molecule has 6 heteroatoms. The van der Waals surface area contributed by atoms with Crippen molar-refractivity contribution in [1.29, 1.82) is 0 Å². The number of hydrogen-bond donors (Lipinski definition) is 0. The summed E-state index contributed by atoms with van der Waals surface area (Å²) in [5, 5.41) is 2.99. The predicted molar refractivity (Wildman–Crippen MR) is 88.9 cm³/mol. The molecule has 0 bridgehead atoms. The van der Waals surface area contributed by atoms with E-state index in [2.05, 4.69) is 4.98 Å². The lowest BCUT2D eigenvalue weighted by molar-refractivity contribution is 0.308. The van der Waals surface area contributed by atoms with Crippen molar-refractivity contribution in [3.05, 3.63) is 69.9 Å². The van der Waals surface area contributed by atoms with E-state index in [9.17, 15) is 8.78 Å². The van der Waals surface area contributed by atoms with Crippen LogP contribution in [0.15, 0.2) is 64.8 Å². The zero-order valence-corrected chi connectivity index (χ0v) is 13.7. The zero-order valence-electron chi connectivity index (χ0n) is 11.3. The van der Waals surface area contributed by atoms with Gasteiger partial charge in [-0.3, -0.25) is 0 Å². The molecule has 1 aliphatic rings. The standard InChI is InChI=1S/C16H12ClF2NS2/c17-10-1-4-12(5-2-10)22-15(16-20-7-8-21-16)13-9-11(18)3-6-14(13)19/h1-9,13-15H. The van der Waals surface area contributed by atoms with Gasteiger partial charge in [-0.25, -0.2) is 13.8 Å². The molecule has 1 heterocycles. The van der Waals surface area contributed by atoms with Crippen molar-refractivity contribution >= 4 is 34.7 Å². The van der Waals surface area contributed by atoms with Gasteiger partial charge in [0.2, 0.25) is 0 Å². The first-order chi connectivity index (χ1) is 10.6. The normalized spacial score (nSPS) is 22.4. The Morgan fingerprint density at radius 3 is 2.73 bits per heavy atom. The second-order valence-electron chi connectivity index (χ2n) is 4.80. The lowest BCUT2D eigenvalue weighted by Crippen LogP contribution is -2.20. The van der Waals surface area contributed by atoms with Gasteiger partial charge in [0.15, 0.2) is 0 Å². The molecule has 0 aliphatic heterocycles. The maximum atomic E-state index is 14.3. The van der Waals surface area contributed by atoms with Crippen molar-refractivity contribution in [1.82, 2.24) is 4.98 Å². The third-order valence-corrected chi connectivity index (χ3v) is 5.88. The van der Waals surface area contributed by atoms with E-state index in [0.29, 0.717) is 5.02 Å². The third-order valence-electron chi connectivity index (χ3n) is 3.28. The fourth-order valence-corrected chi connectivity index (χ4v) is 4.47. The third kappa shape index (κ3) is 3.59. The summed E-state index contributed by atoms with van der Waals surface area (Å²) >= 11 is 8.81. The zero-order chi connectivity index (χ0) is 15.5. The van der Waals surface area contributed by atoms with Crippen LogP contribution in [0.3, 0.4) is 0 Å². The van der Waals surface area contributed by atoms with E-state index < -0.39 is 17.9 Å². The molecule has 3 atom stereocenters. The number of nitrogens with zero attached hydrogens (tertiary/aromatic N) is 1. The quantitative estimate of drug-likeness (QED) is 0.623. The fraction of sp³-hybridized carbons (Fsp3) is 0.188. The highest BCUT2D eigenvalue weighted by atomic mass is 35.5. The number of halogens is 3. The Morgan fingerprint density at radius 2 is 2.05 bits per heavy atom. The summed E-state index contributed by atoms with van der Waals surface area (Å²) in [5.74, 6) is -0.992. The average Bonchev–Trinajstić information content (AvgIpc) is 3.03. The first-order valence-corrected chi connectivity index (χ1v) is 8.78. The molecule has 0 amide bonds. The van der Waals surface area contributed by atoms with Crippen LogP contribution in [0.1, 0.15) is 10.3 Å². The molecular weight excluding hydrogens is 344 g/mol. The van der Waals surface area contributed by atoms with Crippen LogP contribution in [0.5, 0.6) is 0 Å². The van der Waals surface area contributed by atoms with Crippen LogP contribution < -0.4 is 0 Å².